The fourth-order valence-corrected chi connectivity index (χ4v) is 4.89. The minimum absolute atomic E-state index is 0.119. The van der Waals surface area contributed by atoms with Crippen molar-refractivity contribution in [3.8, 4) is 0 Å². The molecule has 2 aromatic carbocycles. The van der Waals surface area contributed by atoms with Crippen molar-refractivity contribution in [2.24, 2.45) is 11.8 Å². The molecule has 3 heterocycles. The van der Waals surface area contributed by atoms with Crippen molar-refractivity contribution in [3.05, 3.63) is 89.0 Å². The van der Waals surface area contributed by atoms with Crippen molar-refractivity contribution in [1.82, 2.24) is 14.8 Å². The second-order valence-electron chi connectivity index (χ2n) is 8.42. The molecular formula is C25H20ClN5O2. The molecule has 1 aliphatic carbocycles. The predicted molar refractivity (Wildman–Crippen MR) is 126 cm³/mol. The van der Waals surface area contributed by atoms with Gasteiger partial charge in [0.2, 0.25) is 17.8 Å². The van der Waals surface area contributed by atoms with Gasteiger partial charge in [0, 0.05) is 10.7 Å². The Balaban J connectivity index is 1.42. The number of carbonyl (C=O) groups excluding carboxylic acids is 2. The third kappa shape index (κ3) is 3.27. The third-order valence-corrected chi connectivity index (χ3v) is 6.71. The van der Waals surface area contributed by atoms with Crippen LogP contribution < -0.4 is 10.2 Å². The van der Waals surface area contributed by atoms with E-state index in [4.69, 9.17) is 11.6 Å². The van der Waals surface area contributed by atoms with Crippen LogP contribution in [0.25, 0.3) is 5.70 Å². The highest BCUT2D eigenvalue weighted by Crippen LogP contribution is 2.39. The number of aromatic nitrogens is 3. The van der Waals surface area contributed by atoms with Gasteiger partial charge in [-0.1, -0.05) is 66.2 Å². The quantitative estimate of drug-likeness (QED) is 0.464. The van der Waals surface area contributed by atoms with E-state index in [9.17, 15) is 9.59 Å². The summed E-state index contributed by atoms with van der Waals surface area (Å²) in [5.41, 5.74) is 2.81. The number of allylic oxidation sites excluding steroid dienone is 3. The van der Waals surface area contributed by atoms with E-state index in [0.717, 1.165) is 16.8 Å². The fraction of sp³-hybridized carbons (Fsp3) is 0.200. The monoisotopic (exact) mass is 457 g/mol. The number of anilines is 2. The zero-order valence-corrected chi connectivity index (χ0v) is 18.3. The number of rotatable bonds is 3. The van der Waals surface area contributed by atoms with Gasteiger partial charge in [-0.2, -0.15) is 4.98 Å². The number of imide groups is 1. The van der Waals surface area contributed by atoms with E-state index < -0.39 is 0 Å². The van der Waals surface area contributed by atoms with Gasteiger partial charge in [0.1, 0.15) is 6.04 Å². The molecule has 6 rings (SSSR count). The van der Waals surface area contributed by atoms with Crippen LogP contribution in [0.5, 0.6) is 0 Å². The Hall–Kier alpha value is -3.71. The second kappa shape index (κ2) is 7.71. The number of nitrogens with one attached hydrogen (secondary N) is 1. The van der Waals surface area contributed by atoms with Gasteiger partial charge >= 0.3 is 0 Å². The van der Waals surface area contributed by atoms with Gasteiger partial charge < -0.3 is 5.32 Å². The van der Waals surface area contributed by atoms with Gasteiger partial charge in [-0.15, -0.1) is 5.10 Å². The molecule has 2 aliphatic heterocycles. The van der Waals surface area contributed by atoms with Crippen LogP contribution in [0, 0.1) is 11.8 Å². The number of hydrogen-bond donors (Lipinski definition) is 1. The van der Waals surface area contributed by atoms with Crippen LogP contribution in [-0.4, -0.2) is 26.6 Å². The highest BCUT2D eigenvalue weighted by atomic mass is 35.5. The van der Waals surface area contributed by atoms with Crippen molar-refractivity contribution >= 4 is 41.0 Å². The lowest BCUT2D eigenvalue weighted by atomic mass is 9.85. The van der Waals surface area contributed by atoms with E-state index in [1.165, 1.54) is 4.90 Å². The molecule has 1 aromatic heterocycles. The van der Waals surface area contributed by atoms with Crippen molar-refractivity contribution in [1.29, 1.82) is 0 Å². The molecule has 7 nitrogen and oxygen atoms in total. The molecule has 0 radical (unpaired) electrons. The first kappa shape index (κ1) is 19.9. The minimum Gasteiger partial charge on any atom is -0.324 e. The lowest BCUT2D eigenvalue weighted by molar-refractivity contribution is -0.122. The summed E-state index contributed by atoms with van der Waals surface area (Å²) < 4.78 is 1.73. The summed E-state index contributed by atoms with van der Waals surface area (Å²) in [6, 6.07) is 17.2. The predicted octanol–water partition coefficient (Wildman–Crippen LogP) is 4.44. The van der Waals surface area contributed by atoms with Crippen LogP contribution in [0.1, 0.15) is 30.0 Å². The molecule has 1 saturated heterocycles. The second-order valence-corrected chi connectivity index (χ2v) is 8.85. The van der Waals surface area contributed by atoms with Gasteiger partial charge in [0.25, 0.3) is 5.95 Å². The molecule has 1 fully saturated rings. The van der Waals surface area contributed by atoms with Crippen LogP contribution >= 0.6 is 11.6 Å². The standard InChI is InChI=1S/C25H20ClN5O2/c26-17-12-10-15(11-13-17)20-14-21(16-6-2-1-3-7-16)31-24(27-20)28-25(29-31)30-22(32)18-8-4-5-9-19(18)23(30)33/h1-7,10-14,18-19,21H,8-9H2,(H,27,28,29). The Labute approximate surface area is 195 Å². The van der Waals surface area contributed by atoms with E-state index in [1.807, 2.05) is 66.7 Å². The van der Waals surface area contributed by atoms with Crippen LogP contribution in [0.2, 0.25) is 5.02 Å². The van der Waals surface area contributed by atoms with Gasteiger partial charge in [0.05, 0.1) is 11.8 Å². The van der Waals surface area contributed by atoms with Crippen LogP contribution in [-0.2, 0) is 9.59 Å². The van der Waals surface area contributed by atoms with E-state index in [0.29, 0.717) is 23.8 Å². The maximum atomic E-state index is 13.1. The average molecular weight is 458 g/mol. The first-order chi connectivity index (χ1) is 16.1. The van der Waals surface area contributed by atoms with Gasteiger partial charge in [-0.05, 0) is 42.2 Å². The first-order valence-corrected chi connectivity index (χ1v) is 11.3. The number of hydrogen-bond acceptors (Lipinski definition) is 5. The Kier molecular flexibility index (Phi) is 4.66. The van der Waals surface area contributed by atoms with Crippen LogP contribution in [0.15, 0.2) is 72.8 Å². The number of benzene rings is 2. The van der Waals surface area contributed by atoms with Crippen LogP contribution in [0.4, 0.5) is 11.9 Å². The van der Waals surface area contributed by atoms with Crippen molar-refractivity contribution in [2.75, 3.05) is 10.2 Å². The maximum Gasteiger partial charge on any atom is 0.260 e. The topological polar surface area (TPSA) is 80.1 Å². The van der Waals surface area contributed by atoms with Crippen LogP contribution in [0.3, 0.4) is 0 Å². The molecule has 164 valence electrons. The molecule has 3 aliphatic rings. The summed E-state index contributed by atoms with van der Waals surface area (Å²) in [5.74, 6) is -0.514. The largest absolute Gasteiger partial charge is 0.324 e. The summed E-state index contributed by atoms with van der Waals surface area (Å²) in [6.07, 6.45) is 7.15. The maximum absolute atomic E-state index is 13.1. The van der Waals surface area contributed by atoms with E-state index in [-0.39, 0.29) is 35.6 Å². The summed E-state index contributed by atoms with van der Waals surface area (Å²) >= 11 is 6.07. The highest BCUT2D eigenvalue weighted by Gasteiger charge is 2.49. The number of fused-ring (bicyclic) bond motifs is 2. The van der Waals surface area contributed by atoms with Crippen molar-refractivity contribution in [2.45, 2.75) is 18.9 Å². The Morgan fingerprint density at radius 2 is 1.58 bits per heavy atom. The average Bonchev–Trinajstić information content (AvgIpc) is 3.38. The summed E-state index contributed by atoms with van der Waals surface area (Å²) in [5, 5.41) is 8.60. The zero-order valence-electron chi connectivity index (χ0n) is 17.6. The van der Waals surface area contributed by atoms with E-state index in [2.05, 4.69) is 21.5 Å². The molecule has 0 spiro atoms. The summed E-state index contributed by atoms with van der Waals surface area (Å²) in [6.45, 7) is 0. The third-order valence-electron chi connectivity index (χ3n) is 6.46. The normalized spacial score (nSPS) is 23.7. The first-order valence-electron chi connectivity index (χ1n) is 10.9. The van der Waals surface area contributed by atoms with Gasteiger partial charge in [-0.3, -0.25) is 9.59 Å². The van der Waals surface area contributed by atoms with Gasteiger partial charge in [0.15, 0.2) is 0 Å². The lowest BCUT2D eigenvalue weighted by Crippen LogP contribution is -2.32. The Bertz CT molecular complexity index is 1290. The van der Waals surface area contributed by atoms with E-state index >= 15 is 0 Å². The number of amides is 2. The molecule has 2 amide bonds. The SMILES string of the molecule is O=C1C2CC=CCC2C(=O)N1c1nc2n(n1)C(c1ccccc1)C=C(c1ccc(Cl)cc1)N2. The molecule has 3 unspecified atom stereocenters. The summed E-state index contributed by atoms with van der Waals surface area (Å²) in [4.78, 5) is 31.9. The molecule has 8 heteroatoms. The molecule has 0 bridgehead atoms. The van der Waals surface area contributed by atoms with Gasteiger partial charge in [-0.25, -0.2) is 9.58 Å². The lowest BCUT2D eigenvalue weighted by Gasteiger charge is -2.24. The zero-order chi connectivity index (χ0) is 22.5. The van der Waals surface area contributed by atoms with Crippen molar-refractivity contribution in [3.63, 3.8) is 0 Å². The number of halogens is 1. The summed E-state index contributed by atoms with van der Waals surface area (Å²) in [7, 11) is 0. The Morgan fingerprint density at radius 3 is 2.24 bits per heavy atom. The number of nitrogens with zero attached hydrogens (tertiary/aromatic N) is 4. The molecule has 33 heavy (non-hydrogen) atoms. The smallest absolute Gasteiger partial charge is 0.260 e. The van der Waals surface area contributed by atoms with E-state index in [1.54, 1.807) is 4.68 Å². The molecule has 1 N–H and O–H groups in total. The molecule has 3 atom stereocenters. The fourth-order valence-electron chi connectivity index (χ4n) is 4.76. The molecule has 0 saturated carbocycles. The molecule has 3 aromatic rings. The molecular weight excluding hydrogens is 438 g/mol. The number of carbonyl (C=O) groups is 2. The Morgan fingerprint density at radius 1 is 0.909 bits per heavy atom. The minimum atomic E-state index is -0.330. The van der Waals surface area contributed by atoms with Crippen molar-refractivity contribution < 1.29 is 9.59 Å². The highest BCUT2D eigenvalue weighted by molar-refractivity contribution is 6.30.